The maximum atomic E-state index is 12.5. The van der Waals surface area contributed by atoms with E-state index in [1.165, 1.54) is 0 Å². The molecule has 2 amide bonds. The molecule has 0 aromatic heterocycles. The van der Waals surface area contributed by atoms with Crippen molar-refractivity contribution in [2.75, 3.05) is 26.2 Å². The molecule has 0 bridgehead atoms. The Morgan fingerprint density at radius 1 is 0.875 bits per heavy atom. The van der Waals surface area contributed by atoms with Crippen LogP contribution >= 0.6 is 0 Å². The third kappa shape index (κ3) is 6.45. The monoisotopic (exact) mass is 462 g/mol. The fraction of sp³-hybridized carbons (Fsp3) is 0.444. The maximum absolute atomic E-state index is 12.5. The minimum atomic E-state index is -0.307. The van der Waals surface area contributed by atoms with Gasteiger partial charge in [0.15, 0.2) is 0 Å². The number of amides is 2. The predicted molar refractivity (Wildman–Crippen MR) is 103 cm³/mol. The molecule has 0 heterocycles. The van der Waals surface area contributed by atoms with Crippen LogP contribution in [0.2, 0.25) is 0 Å². The Hall–Kier alpha value is -1.06. The van der Waals surface area contributed by atoms with Crippen molar-refractivity contribution >= 4 is 44.0 Å². The first kappa shape index (κ1) is 21.0. The summed E-state index contributed by atoms with van der Waals surface area (Å²) in [6, 6.07) is 9.94. The van der Waals surface area contributed by atoms with E-state index in [9.17, 15) is 9.59 Å². The molecule has 0 N–H and O–H groups in total. The van der Waals surface area contributed by atoms with Crippen LogP contribution in [0.15, 0.2) is 35.3 Å². The zero-order valence-electron chi connectivity index (χ0n) is 14.8. The van der Waals surface area contributed by atoms with E-state index in [0.717, 1.165) is 36.2 Å². The Kier molecular flexibility index (Phi) is 10.0. The Labute approximate surface area is 158 Å². The molecule has 0 atom stereocenters. The van der Waals surface area contributed by atoms with Crippen LogP contribution in [-0.4, -0.2) is 75.5 Å². The second-order valence-corrected chi connectivity index (χ2v) is 8.75. The summed E-state index contributed by atoms with van der Waals surface area (Å²) in [6.45, 7) is 10.9. The molecule has 1 rings (SSSR count). The molecule has 0 aliphatic carbocycles. The van der Waals surface area contributed by atoms with Gasteiger partial charge in [0.05, 0.1) is 0 Å². The molecule has 0 aliphatic heterocycles. The predicted octanol–water partition coefficient (Wildman–Crippen LogP) is 3.32. The first-order valence-electron chi connectivity index (χ1n) is 8.25. The van der Waals surface area contributed by atoms with Crippen LogP contribution < -0.4 is 0 Å². The molecular weight excluding hydrogens is 434 g/mol. The number of benzene rings is 1. The quantitative estimate of drug-likeness (QED) is 0.531. The molecule has 0 radical (unpaired) electrons. The van der Waals surface area contributed by atoms with Crippen molar-refractivity contribution < 1.29 is 9.59 Å². The summed E-state index contributed by atoms with van der Waals surface area (Å²) in [5.41, 5.74) is 1.05. The van der Waals surface area contributed by atoms with Crippen LogP contribution in [-0.2, 0) is 0 Å². The average molecular weight is 460 g/mol. The topological polar surface area (TPSA) is 40.6 Å². The molecule has 0 aliphatic rings. The van der Waals surface area contributed by atoms with E-state index in [0.29, 0.717) is 0 Å². The molecule has 24 heavy (non-hydrogen) atoms. The van der Waals surface area contributed by atoms with Gasteiger partial charge in [0, 0.05) is 0 Å². The summed E-state index contributed by atoms with van der Waals surface area (Å²) in [5.74, 6) is 0. The summed E-state index contributed by atoms with van der Waals surface area (Å²) in [5, 5.41) is 0. The van der Waals surface area contributed by atoms with Crippen molar-refractivity contribution in [1.82, 2.24) is 9.80 Å². The molecule has 0 spiro atoms. The van der Waals surface area contributed by atoms with Crippen molar-refractivity contribution in [3.8, 4) is 0 Å². The van der Waals surface area contributed by atoms with Crippen LogP contribution in [0.5, 0.6) is 0 Å². The average Bonchev–Trinajstić information content (AvgIpc) is 2.61. The van der Waals surface area contributed by atoms with Crippen molar-refractivity contribution in [2.45, 2.75) is 27.7 Å². The summed E-state index contributed by atoms with van der Waals surface area (Å²) in [4.78, 5) is 30.9. The van der Waals surface area contributed by atoms with Gasteiger partial charge in [-0.05, 0) is 0 Å². The number of carbonyl (C=O) groups excluding carboxylic acids is 2. The van der Waals surface area contributed by atoms with Crippen LogP contribution in [0.1, 0.15) is 33.3 Å². The van der Waals surface area contributed by atoms with Crippen LogP contribution in [0, 0.1) is 0 Å². The second-order valence-electron chi connectivity index (χ2n) is 4.94. The summed E-state index contributed by atoms with van der Waals surface area (Å²) in [7, 11) is 0. The number of hydrogen-bond donors (Lipinski definition) is 0. The standard InChI is InChI=1S/C18H26N2O2Se2/c1-5-19(6-2)17(21)23-14-16(15-12-10-9-11-13-15)24-18(22)20(7-3)8-4/h9-14H,5-8H2,1-4H3/b16-14-. The fourth-order valence-electron chi connectivity index (χ4n) is 2.05. The Morgan fingerprint density at radius 2 is 1.38 bits per heavy atom. The fourth-order valence-corrected chi connectivity index (χ4v) is 6.52. The Balaban J connectivity index is 2.96. The van der Waals surface area contributed by atoms with Crippen molar-refractivity contribution in [3.63, 3.8) is 0 Å². The van der Waals surface area contributed by atoms with E-state index in [2.05, 4.69) is 0 Å². The van der Waals surface area contributed by atoms with E-state index in [1.54, 1.807) is 0 Å². The molecule has 1 aromatic carbocycles. The van der Waals surface area contributed by atoms with E-state index in [-0.39, 0.29) is 39.5 Å². The van der Waals surface area contributed by atoms with E-state index >= 15 is 0 Å². The van der Waals surface area contributed by atoms with Gasteiger partial charge in [0.25, 0.3) is 0 Å². The molecule has 0 fully saturated rings. The third-order valence-electron chi connectivity index (χ3n) is 3.57. The first-order valence-corrected chi connectivity index (χ1v) is 11.8. The Morgan fingerprint density at radius 3 is 1.88 bits per heavy atom. The molecule has 0 unspecified atom stereocenters. The van der Waals surface area contributed by atoms with Gasteiger partial charge in [-0.3, -0.25) is 0 Å². The molecule has 0 saturated carbocycles. The van der Waals surface area contributed by atoms with Crippen molar-refractivity contribution in [3.05, 3.63) is 40.9 Å². The normalized spacial score (nSPS) is 11.2. The van der Waals surface area contributed by atoms with Gasteiger partial charge in [-0.15, -0.1) is 0 Å². The van der Waals surface area contributed by atoms with Crippen molar-refractivity contribution in [2.24, 2.45) is 0 Å². The molecule has 132 valence electrons. The van der Waals surface area contributed by atoms with Crippen molar-refractivity contribution in [1.29, 1.82) is 0 Å². The van der Waals surface area contributed by atoms with E-state index in [1.807, 2.05) is 72.8 Å². The SMILES string of the molecule is CCN(CC)C(=O)[Se]/C=C(\[Se]C(=O)N(CC)CC)c1ccccc1. The third-order valence-corrected chi connectivity index (χ3v) is 8.14. The van der Waals surface area contributed by atoms with Gasteiger partial charge >= 0.3 is 158 Å². The zero-order chi connectivity index (χ0) is 17.9. The van der Waals surface area contributed by atoms with E-state index in [4.69, 9.17) is 0 Å². The van der Waals surface area contributed by atoms with Gasteiger partial charge < -0.3 is 0 Å². The molecule has 0 saturated heterocycles. The van der Waals surface area contributed by atoms with E-state index < -0.39 is 0 Å². The van der Waals surface area contributed by atoms with Crippen LogP contribution in [0.4, 0.5) is 9.59 Å². The van der Waals surface area contributed by atoms with Crippen LogP contribution in [0.25, 0.3) is 4.47 Å². The van der Waals surface area contributed by atoms with Gasteiger partial charge in [0.2, 0.25) is 0 Å². The van der Waals surface area contributed by atoms with Gasteiger partial charge in [-0.2, -0.15) is 0 Å². The van der Waals surface area contributed by atoms with Gasteiger partial charge in [-0.25, -0.2) is 0 Å². The zero-order valence-corrected chi connectivity index (χ0v) is 18.2. The number of rotatable bonds is 9. The summed E-state index contributed by atoms with van der Waals surface area (Å²) >= 11 is -0.582. The summed E-state index contributed by atoms with van der Waals surface area (Å²) < 4.78 is 1.01. The molecule has 6 heteroatoms. The molecular formula is C18H26N2O2Se2. The number of carbonyl (C=O) groups is 2. The minimum absolute atomic E-state index is 0.173. The Bertz CT molecular complexity index is 553. The van der Waals surface area contributed by atoms with Gasteiger partial charge in [0.1, 0.15) is 0 Å². The molecule has 1 aromatic rings. The second kappa shape index (κ2) is 11.5. The number of hydrogen-bond acceptors (Lipinski definition) is 2. The van der Waals surface area contributed by atoms with Crippen LogP contribution in [0.3, 0.4) is 0 Å². The molecule has 4 nitrogen and oxygen atoms in total. The number of nitrogens with zero attached hydrogens (tertiary/aromatic N) is 2. The van der Waals surface area contributed by atoms with Gasteiger partial charge in [-0.1, -0.05) is 0 Å². The first-order chi connectivity index (χ1) is 11.6. The summed E-state index contributed by atoms with van der Waals surface area (Å²) in [6.07, 6.45) is 0.